The van der Waals surface area contributed by atoms with E-state index in [1.54, 1.807) is 68.0 Å². The Kier molecular flexibility index (Phi) is 5.65. The van der Waals surface area contributed by atoms with Gasteiger partial charge in [0.1, 0.15) is 29.0 Å². The summed E-state index contributed by atoms with van der Waals surface area (Å²) in [5.41, 5.74) is 1.08. The van der Waals surface area contributed by atoms with Gasteiger partial charge in [-0.15, -0.1) is 0 Å². The molecule has 8 heteroatoms. The quantitative estimate of drug-likeness (QED) is 0.552. The highest BCUT2D eigenvalue weighted by atomic mass is 16.5. The minimum absolute atomic E-state index is 0.217. The maximum Gasteiger partial charge on any atom is 0.338 e. The van der Waals surface area contributed by atoms with Gasteiger partial charge in [-0.3, -0.25) is 4.79 Å². The molecule has 1 atom stereocenters. The molecule has 1 aliphatic heterocycles. The molecule has 0 N–H and O–H groups in total. The number of furan rings is 2. The third-order valence-electron chi connectivity index (χ3n) is 4.57. The summed E-state index contributed by atoms with van der Waals surface area (Å²) >= 11 is 0. The molecule has 0 spiro atoms. The Hall–Kier alpha value is -3.81. The number of hydrogen-bond donors (Lipinski definition) is 0. The lowest BCUT2D eigenvalue weighted by Gasteiger charge is -2.20. The number of rotatable bonds is 7. The van der Waals surface area contributed by atoms with Crippen LogP contribution in [0.2, 0.25) is 0 Å². The van der Waals surface area contributed by atoms with Gasteiger partial charge in [-0.2, -0.15) is 5.10 Å². The predicted octanol–water partition coefficient (Wildman–Crippen LogP) is 3.81. The van der Waals surface area contributed by atoms with Crippen LogP contribution in [0.15, 0.2) is 75.0 Å². The van der Waals surface area contributed by atoms with E-state index < -0.39 is 5.97 Å². The molecule has 1 unspecified atom stereocenters. The van der Waals surface area contributed by atoms with Gasteiger partial charge in [0.25, 0.3) is 5.91 Å². The van der Waals surface area contributed by atoms with Crippen molar-refractivity contribution in [3.05, 3.63) is 78.1 Å². The first-order valence-electron chi connectivity index (χ1n) is 9.52. The normalized spacial score (nSPS) is 15.7. The molecule has 3 aromatic rings. The van der Waals surface area contributed by atoms with E-state index in [2.05, 4.69) is 5.10 Å². The van der Waals surface area contributed by atoms with Crippen molar-refractivity contribution in [3.8, 4) is 5.75 Å². The molecule has 0 aliphatic carbocycles. The maximum absolute atomic E-state index is 12.8. The summed E-state index contributed by atoms with van der Waals surface area (Å²) in [6.07, 6.45) is 3.60. The monoisotopic (exact) mass is 408 g/mol. The van der Waals surface area contributed by atoms with Crippen molar-refractivity contribution < 1.29 is 27.9 Å². The van der Waals surface area contributed by atoms with Crippen LogP contribution >= 0.6 is 0 Å². The van der Waals surface area contributed by atoms with Crippen molar-refractivity contribution in [2.45, 2.75) is 19.4 Å². The summed E-state index contributed by atoms with van der Waals surface area (Å²) in [5.74, 6) is 0.968. The number of carbonyl (C=O) groups is 2. The molecule has 0 saturated carbocycles. The Morgan fingerprint density at radius 3 is 2.53 bits per heavy atom. The maximum atomic E-state index is 12.8. The van der Waals surface area contributed by atoms with Gasteiger partial charge in [0, 0.05) is 6.42 Å². The van der Waals surface area contributed by atoms with Crippen LogP contribution in [0, 0.1) is 0 Å². The Labute approximate surface area is 172 Å². The van der Waals surface area contributed by atoms with Crippen molar-refractivity contribution in [1.29, 1.82) is 0 Å². The third-order valence-corrected chi connectivity index (χ3v) is 4.57. The lowest BCUT2D eigenvalue weighted by atomic mass is 10.1. The number of carbonyl (C=O) groups excluding carboxylic acids is 2. The summed E-state index contributed by atoms with van der Waals surface area (Å²) in [7, 11) is 0. The number of hydrogen-bond acceptors (Lipinski definition) is 7. The second-order valence-electron chi connectivity index (χ2n) is 6.53. The molecular formula is C22H20N2O6. The zero-order valence-corrected chi connectivity index (χ0v) is 16.3. The first-order chi connectivity index (χ1) is 14.7. The van der Waals surface area contributed by atoms with Crippen LogP contribution in [-0.2, 0) is 9.53 Å². The highest BCUT2D eigenvalue weighted by Gasteiger charge is 2.35. The molecule has 1 amide bonds. The summed E-state index contributed by atoms with van der Waals surface area (Å²) in [5, 5.41) is 5.81. The minimum Gasteiger partial charge on any atom is -0.484 e. The summed E-state index contributed by atoms with van der Waals surface area (Å²) in [6, 6.07) is 13.2. The van der Waals surface area contributed by atoms with Gasteiger partial charge in [-0.25, -0.2) is 9.80 Å². The Morgan fingerprint density at radius 1 is 1.10 bits per heavy atom. The number of ether oxygens (including phenoxy) is 2. The second-order valence-corrected chi connectivity index (χ2v) is 6.53. The fourth-order valence-corrected chi connectivity index (χ4v) is 3.15. The van der Waals surface area contributed by atoms with E-state index in [0.717, 1.165) is 0 Å². The highest BCUT2D eigenvalue weighted by molar-refractivity contribution is 6.01. The first kappa shape index (κ1) is 19.5. The SMILES string of the molecule is CCOC(=O)c1ccc(OCC(=O)N2N=C(c3ccco3)CC2c2ccco2)cc1. The fraction of sp³-hybridized carbons (Fsp3) is 0.227. The van der Waals surface area contributed by atoms with Gasteiger partial charge >= 0.3 is 5.97 Å². The average molecular weight is 408 g/mol. The molecule has 1 aromatic carbocycles. The van der Waals surface area contributed by atoms with E-state index in [1.807, 2.05) is 0 Å². The van der Waals surface area contributed by atoms with Crippen LogP contribution < -0.4 is 4.74 Å². The highest BCUT2D eigenvalue weighted by Crippen LogP contribution is 2.33. The van der Waals surface area contributed by atoms with Gasteiger partial charge in [-0.1, -0.05) is 0 Å². The number of nitrogens with zero attached hydrogens (tertiary/aromatic N) is 2. The molecular weight excluding hydrogens is 388 g/mol. The standard InChI is InChI=1S/C22H20N2O6/c1-2-27-22(26)15-7-9-16(10-8-15)30-14-21(25)24-18(20-6-4-12-29-20)13-17(23-24)19-5-3-11-28-19/h3-12,18H,2,13-14H2,1H3. The summed E-state index contributed by atoms with van der Waals surface area (Å²) < 4.78 is 21.5. The smallest absolute Gasteiger partial charge is 0.338 e. The molecule has 154 valence electrons. The molecule has 4 rings (SSSR count). The van der Waals surface area contributed by atoms with E-state index in [0.29, 0.717) is 41.6 Å². The topological polar surface area (TPSA) is 94.5 Å². The molecule has 3 heterocycles. The van der Waals surface area contributed by atoms with Crippen LogP contribution in [-0.4, -0.2) is 35.8 Å². The van der Waals surface area contributed by atoms with E-state index in [1.165, 1.54) is 5.01 Å². The first-order valence-corrected chi connectivity index (χ1v) is 9.52. The second kappa shape index (κ2) is 8.69. The van der Waals surface area contributed by atoms with E-state index >= 15 is 0 Å². The lowest BCUT2D eigenvalue weighted by Crippen LogP contribution is -2.31. The van der Waals surface area contributed by atoms with Gasteiger partial charge in [0.05, 0.1) is 24.7 Å². The van der Waals surface area contributed by atoms with Crippen molar-refractivity contribution in [2.24, 2.45) is 5.10 Å². The van der Waals surface area contributed by atoms with Crippen LogP contribution in [0.25, 0.3) is 0 Å². The molecule has 0 bridgehead atoms. The number of amides is 1. The lowest BCUT2D eigenvalue weighted by molar-refractivity contribution is -0.135. The molecule has 1 aliphatic rings. The minimum atomic E-state index is -0.404. The van der Waals surface area contributed by atoms with Crippen LogP contribution in [0.5, 0.6) is 5.75 Å². The predicted molar refractivity (Wildman–Crippen MR) is 106 cm³/mol. The van der Waals surface area contributed by atoms with Gasteiger partial charge in [0.2, 0.25) is 0 Å². The van der Waals surface area contributed by atoms with E-state index in [4.69, 9.17) is 18.3 Å². The zero-order valence-electron chi connectivity index (χ0n) is 16.3. The largest absolute Gasteiger partial charge is 0.484 e. The van der Waals surface area contributed by atoms with Crippen molar-refractivity contribution in [1.82, 2.24) is 5.01 Å². The van der Waals surface area contributed by atoms with Gasteiger partial charge in [-0.05, 0) is 55.5 Å². The molecule has 8 nitrogen and oxygen atoms in total. The Bertz CT molecular complexity index is 1020. The molecule has 30 heavy (non-hydrogen) atoms. The number of benzene rings is 1. The number of hydrazone groups is 1. The Morgan fingerprint density at radius 2 is 1.87 bits per heavy atom. The average Bonchev–Trinajstić information content (AvgIpc) is 3.53. The molecule has 0 saturated heterocycles. The fourth-order valence-electron chi connectivity index (χ4n) is 3.15. The summed E-state index contributed by atoms with van der Waals surface area (Å²) in [6.45, 7) is 1.83. The van der Waals surface area contributed by atoms with Gasteiger partial charge < -0.3 is 18.3 Å². The van der Waals surface area contributed by atoms with E-state index in [-0.39, 0.29) is 18.6 Å². The molecule has 0 radical (unpaired) electrons. The zero-order chi connectivity index (χ0) is 20.9. The van der Waals surface area contributed by atoms with Crippen LogP contribution in [0.4, 0.5) is 0 Å². The van der Waals surface area contributed by atoms with Crippen molar-refractivity contribution in [3.63, 3.8) is 0 Å². The summed E-state index contributed by atoms with van der Waals surface area (Å²) in [4.78, 5) is 24.6. The number of esters is 1. The molecule has 2 aromatic heterocycles. The molecule has 0 fully saturated rings. The third kappa shape index (κ3) is 4.12. The van der Waals surface area contributed by atoms with Crippen LogP contribution in [0.1, 0.15) is 41.3 Å². The van der Waals surface area contributed by atoms with Gasteiger partial charge in [0.15, 0.2) is 6.61 Å². The van der Waals surface area contributed by atoms with Crippen LogP contribution in [0.3, 0.4) is 0 Å². The van der Waals surface area contributed by atoms with E-state index in [9.17, 15) is 9.59 Å². The Balaban J connectivity index is 1.44. The van der Waals surface area contributed by atoms with Crippen molar-refractivity contribution >= 4 is 17.6 Å². The van der Waals surface area contributed by atoms with Crippen molar-refractivity contribution in [2.75, 3.05) is 13.2 Å².